The third-order valence-electron chi connectivity index (χ3n) is 2.43. The second kappa shape index (κ2) is 5.27. The van der Waals surface area contributed by atoms with Crippen LogP contribution in [-0.4, -0.2) is 22.2 Å². The molecule has 0 bridgehead atoms. The van der Waals surface area contributed by atoms with Gasteiger partial charge in [-0.05, 0) is 25.3 Å². The Balaban J connectivity index is 2.00. The normalized spacial score (nSPS) is 11.9. The standard InChI is InChI=1S/C12H16N2OS2/c1-12(2,8-15)13-6-9-7-17-11(14-9)10-4-3-5-16-10/h3-5,7,13,15H,6,8H2,1-2H3. The van der Waals surface area contributed by atoms with E-state index in [1.54, 1.807) is 22.7 Å². The fraction of sp³-hybridized carbons (Fsp3) is 0.417. The van der Waals surface area contributed by atoms with Crippen molar-refractivity contribution in [3.05, 3.63) is 28.6 Å². The molecule has 0 spiro atoms. The van der Waals surface area contributed by atoms with Crippen LogP contribution in [-0.2, 0) is 6.54 Å². The van der Waals surface area contributed by atoms with Crippen LogP contribution in [0.4, 0.5) is 0 Å². The monoisotopic (exact) mass is 268 g/mol. The molecule has 0 unspecified atom stereocenters. The maximum Gasteiger partial charge on any atom is 0.133 e. The van der Waals surface area contributed by atoms with Crippen LogP contribution in [0.15, 0.2) is 22.9 Å². The van der Waals surface area contributed by atoms with Crippen molar-refractivity contribution in [2.45, 2.75) is 25.9 Å². The van der Waals surface area contributed by atoms with Gasteiger partial charge in [0.1, 0.15) is 5.01 Å². The van der Waals surface area contributed by atoms with Crippen molar-refractivity contribution in [2.24, 2.45) is 0 Å². The van der Waals surface area contributed by atoms with Gasteiger partial charge in [-0.3, -0.25) is 0 Å². The molecule has 0 saturated carbocycles. The van der Waals surface area contributed by atoms with Gasteiger partial charge < -0.3 is 10.4 Å². The van der Waals surface area contributed by atoms with Gasteiger partial charge in [0.05, 0.1) is 17.2 Å². The number of rotatable bonds is 5. The number of thiophene rings is 1. The van der Waals surface area contributed by atoms with E-state index in [0.717, 1.165) is 10.7 Å². The number of aliphatic hydroxyl groups excluding tert-OH is 1. The van der Waals surface area contributed by atoms with Crippen LogP contribution < -0.4 is 5.32 Å². The van der Waals surface area contributed by atoms with E-state index in [1.165, 1.54) is 4.88 Å². The van der Waals surface area contributed by atoms with Crippen molar-refractivity contribution in [3.63, 3.8) is 0 Å². The summed E-state index contributed by atoms with van der Waals surface area (Å²) in [6, 6.07) is 4.12. The first-order valence-electron chi connectivity index (χ1n) is 5.45. The molecule has 0 amide bonds. The van der Waals surface area contributed by atoms with Crippen molar-refractivity contribution >= 4 is 22.7 Å². The first kappa shape index (κ1) is 12.7. The minimum Gasteiger partial charge on any atom is -0.394 e. The van der Waals surface area contributed by atoms with Gasteiger partial charge in [0.25, 0.3) is 0 Å². The molecule has 2 aromatic rings. The number of nitrogens with zero attached hydrogens (tertiary/aromatic N) is 1. The molecule has 2 heterocycles. The highest BCUT2D eigenvalue weighted by Gasteiger charge is 2.15. The SMILES string of the molecule is CC(C)(CO)NCc1csc(-c2cccs2)n1. The zero-order valence-electron chi connectivity index (χ0n) is 9.93. The maximum absolute atomic E-state index is 9.15. The molecular weight excluding hydrogens is 252 g/mol. The van der Waals surface area contributed by atoms with Gasteiger partial charge in [0.15, 0.2) is 0 Å². The lowest BCUT2D eigenvalue weighted by Gasteiger charge is -2.22. The number of hydrogen-bond acceptors (Lipinski definition) is 5. The molecule has 0 radical (unpaired) electrons. The Morgan fingerprint density at radius 2 is 2.24 bits per heavy atom. The van der Waals surface area contributed by atoms with Crippen LogP contribution in [0.3, 0.4) is 0 Å². The largest absolute Gasteiger partial charge is 0.394 e. The average molecular weight is 268 g/mol. The zero-order valence-corrected chi connectivity index (χ0v) is 11.6. The highest BCUT2D eigenvalue weighted by Crippen LogP contribution is 2.27. The summed E-state index contributed by atoms with van der Waals surface area (Å²) in [7, 11) is 0. The fourth-order valence-electron chi connectivity index (χ4n) is 1.29. The molecule has 2 rings (SSSR count). The molecule has 0 aliphatic heterocycles. The summed E-state index contributed by atoms with van der Waals surface area (Å²) in [6.07, 6.45) is 0. The number of aromatic nitrogens is 1. The van der Waals surface area contributed by atoms with E-state index in [2.05, 4.69) is 27.1 Å². The fourth-order valence-corrected chi connectivity index (χ4v) is 2.92. The molecule has 3 nitrogen and oxygen atoms in total. The predicted molar refractivity (Wildman–Crippen MR) is 73.4 cm³/mol. The van der Waals surface area contributed by atoms with Crippen molar-refractivity contribution < 1.29 is 5.11 Å². The average Bonchev–Trinajstić information content (AvgIpc) is 2.97. The van der Waals surface area contributed by atoms with Crippen molar-refractivity contribution in [1.82, 2.24) is 10.3 Å². The lowest BCUT2D eigenvalue weighted by molar-refractivity contribution is 0.187. The minimum atomic E-state index is -0.257. The van der Waals surface area contributed by atoms with Gasteiger partial charge in [-0.25, -0.2) is 4.98 Å². The van der Waals surface area contributed by atoms with Crippen LogP contribution in [0.1, 0.15) is 19.5 Å². The molecule has 0 aliphatic rings. The van der Waals surface area contributed by atoms with E-state index in [4.69, 9.17) is 5.11 Å². The van der Waals surface area contributed by atoms with E-state index >= 15 is 0 Å². The van der Waals surface area contributed by atoms with Gasteiger partial charge in [0.2, 0.25) is 0 Å². The highest BCUT2D eigenvalue weighted by atomic mass is 32.1. The van der Waals surface area contributed by atoms with Crippen LogP contribution in [0.25, 0.3) is 9.88 Å². The topological polar surface area (TPSA) is 45.1 Å². The molecular formula is C12H16N2OS2. The Bertz CT molecular complexity index is 463. The number of thiazole rings is 1. The molecule has 0 fully saturated rings. The first-order chi connectivity index (χ1) is 8.11. The van der Waals surface area contributed by atoms with Crippen LogP contribution >= 0.6 is 22.7 Å². The lowest BCUT2D eigenvalue weighted by atomic mass is 10.1. The zero-order chi connectivity index (χ0) is 12.3. The third kappa shape index (κ3) is 3.35. The summed E-state index contributed by atoms with van der Waals surface area (Å²) in [5, 5.41) is 17.6. The number of nitrogens with one attached hydrogen (secondary N) is 1. The molecule has 0 aromatic carbocycles. The second-order valence-corrected chi connectivity index (χ2v) is 6.32. The lowest BCUT2D eigenvalue weighted by Crippen LogP contribution is -2.42. The number of hydrogen-bond donors (Lipinski definition) is 2. The van der Waals surface area contributed by atoms with Crippen molar-refractivity contribution in [2.75, 3.05) is 6.61 Å². The van der Waals surface area contributed by atoms with E-state index in [9.17, 15) is 0 Å². The Hall–Kier alpha value is -0.750. The van der Waals surface area contributed by atoms with Crippen LogP contribution in [0.5, 0.6) is 0 Å². The summed E-state index contributed by atoms with van der Waals surface area (Å²) in [4.78, 5) is 5.79. The molecule has 92 valence electrons. The van der Waals surface area contributed by atoms with Crippen LogP contribution in [0, 0.1) is 0 Å². The van der Waals surface area contributed by atoms with Gasteiger partial charge in [-0.2, -0.15) is 0 Å². The third-order valence-corrected chi connectivity index (χ3v) is 4.36. The Morgan fingerprint density at radius 1 is 1.41 bits per heavy atom. The van der Waals surface area contributed by atoms with E-state index in [1.807, 2.05) is 19.9 Å². The maximum atomic E-state index is 9.15. The Labute approximate surface area is 109 Å². The summed E-state index contributed by atoms with van der Waals surface area (Å²) in [5.41, 5.74) is 0.770. The molecule has 2 aromatic heterocycles. The summed E-state index contributed by atoms with van der Waals surface area (Å²) in [5.74, 6) is 0. The molecule has 0 atom stereocenters. The van der Waals surface area contributed by atoms with Crippen molar-refractivity contribution in [1.29, 1.82) is 0 Å². The highest BCUT2D eigenvalue weighted by molar-refractivity contribution is 7.20. The summed E-state index contributed by atoms with van der Waals surface area (Å²) in [6.45, 7) is 4.75. The number of aliphatic hydroxyl groups is 1. The Kier molecular flexibility index (Phi) is 3.93. The minimum absolute atomic E-state index is 0.120. The summed E-state index contributed by atoms with van der Waals surface area (Å²) >= 11 is 3.37. The van der Waals surface area contributed by atoms with Crippen molar-refractivity contribution in [3.8, 4) is 9.88 Å². The van der Waals surface area contributed by atoms with Gasteiger partial charge >= 0.3 is 0 Å². The van der Waals surface area contributed by atoms with E-state index in [0.29, 0.717) is 6.54 Å². The molecule has 0 saturated heterocycles. The second-order valence-electron chi connectivity index (χ2n) is 4.52. The van der Waals surface area contributed by atoms with E-state index in [-0.39, 0.29) is 12.1 Å². The molecule has 5 heteroatoms. The summed E-state index contributed by atoms with van der Waals surface area (Å²) < 4.78 is 0. The quantitative estimate of drug-likeness (QED) is 0.876. The van der Waals surface area contributed by atoms with Crippen LogP contribution in [0.2, 0.25) is 0 Å². The van der Waals surface area contributed by atoms with E-state index < -0.39 is 0 Å². The molecule has 17 heavy (non-hydrogen) atoms. The Morgan fingerprint density at radius 3 is 2.88 bits per heavy atom. The smallest absolute Gasteiger partial charge is 0.133 e. The van der Waals surface area contributed by atoms with Gasteiger partial charge in [0, 0.05) is 17.5 Å². The molecule has 2 N–H and O–H groups in total. The first-order valence-corrected chi connectivity index (χ1v) is 7.21. The molecule has 0 aliphatic carbocycles. The van der Waals surface area contributed by atoms with Gasteiger partial charge in [-0.1, -0.05) is 6.07 Å². The predicted octanol–water partition coefficient (Wildman–Crippen LogP) is 2.73. The van der Waals surface area contributed by atoms with Gasteiger partial charge in [-0.15, -0.1) is 22.7 Å².